The molecule has 3 rings (SSSR count). The van der Waals surface area contributed by atoms with E-state index in [1.807, 2.05) is 55.7 Å². The molecule has 1 aliphatic heterocycles. The standard InChI is InChI=1S/C20H24N2O3/c1-14-6-8-17(9-7-14)22-15(2)12-18(16(22)3)20(24)25-13-19(23)21-10-4-5-11-21/h6-9,12H,4-5,10-11,13H2,1-3H3. The fourth-order valence-corrected chi connectivity index (χ4v) is 3.32. The number of aromatic nitrogens is 1. The van der Waals surface area contributed by atoms with Gasteiger partial charge in [-0.05, 0) is 51.8 Å². The monoisotopic (exact) mass is 340 g/mol. The molecule has 0 spiro atoms. The number of carbonyl (C=O) groups excluding carboxylic acids is 2. The fraction of sp³-hybridized carbons (Fsp3) is 0.400. The molecule has 5 nitrogen and oxygen atoms in total. The summed E-state index contributed by atoms with van der Waals surface area (Å²) in [7, 11) is 0. The Balaban J connectivity index is 1.74. The lowest BCUT2D eigenvalue weighted by atomic mass is 10.2. The van der Waals surface area contributed by atoms with Gasteiger partial charge in [0.25, 0.3) is 5.91 Å². The first-order valence-corrected chi connectivity index (χ1v) is 8.68. The lowest BCUT2D eigenvalue weighted by Gasteiger charge is -2.15. The van der Waals surface area contributed by atoms with Crippen molar-refractivity contribution in [1.82, 2.24) is 9.47 Å². The zero-order valence-electron chi connectivity index (χ0n) is 15.0. The van der Waals surface area contributed by atoms with Gasteiger partial charge in [-0.3, -0.25) is 4.79 Å². The minimum absolute atomic E-state index is 0.113. The summed E-state index contributed by atoms with van der Waals surface area (Å²) in [6.07, 6.45) is 2.05. The highest BCUT2D eigenvalue weighted by atomic mass is 16.5. The van der Waals surface area contributed by atoms with Crippen LogP contribution >= 0.6 is 0 Å². The molecule has 0 unspecified atom stereocenters. The molecule has 1 aromatic heterocycles. The van der Waals surface area contributed by atoms with Gasteiger partial charge in [0.05, 0.1) is 5.56 Å². The molecule has 5 heteroatoms. The first-order chi connectivity index (χ1) is 12.0. The van der Waals surface area contributed by atoms with Crippen LogP contribution in [0.3, 0.4) is 0 Å². The van der Waals surface area contributed by atoms with Crippen molar-refractivity contribution in [2.45, 2.75) is 33.6 Å². The Labute approximate surface area is 148 Å². The van der Waals surface area contributed by atoms with E-state index >= 15 is 0 Å². The summed E-state index contributed by atoms with van der Waals surface area (Å²) in [5.74, 6) is -0.558. The van der Waals surface area contributed by atoms with Crippen LogP contribution in [-0.2, 0) is 9.53 Å². The van der Waals surface area contributed by atoms with Crippen molar-refractivity contribution in [3.63, 3.8) is 0 Å². The summed E-state index contributed by atoms with van der Waals surface area (Å²) in [4.78, 5) is 26.2. The second kappa shape index (κ2) is 7.13. The lowest BCUT2D eigenvalue weighted by Crippen LogP contribution is -2.32. The van der Waals surface area contributed by atoms with Crippen molar-refractivity contribution in [2.24, 2.45) is 0 Å². The molecule has 0 bridgehead atoms. The van der Waals surface area contributed by atoms with Crippen LogP contribution < -0.4 is 0 Å². The Morgan fingerprint density at radius 1 is 1.04 bits per heavy atom. The number of hydrogen-bond donors (Lipinski definition) is 0. The molecule has 0 N–H and O–H groups in total. The molecule has 25 heavy (non-hydrogen) atoms. The smallest absolute Gasteiger partial charge is 0.340 e. The van der Waals surface area contributed by atoms with E-state index in [1.54, 1.807) is 4.90 Å². The van der Waals surface area contributed by atoms with Crippen LogP contribution in [0.15, 0.2) is 30.3 Å². The van der Waals surface area contributed by atoms with E-state index < -0.39 is 5.97 Å². The summed E-state index contributed by atoms with van der Waals surface area (Å²) >= 11 is 0. The van der Waals surface area contributed by atoms with Gasteiger partial charge in [-0.2, -0.15) is 0 Å². The van der Waals surface area contributed by atoms with E-state index in [-0.39, 0.29) is 12.5 Å². The Bertz CT molecular complexity index is 784. The number of rotatable bonds is 4. The van der Waals surface area contributed by atoms with Crippen molar-refractivity contribution >= 4 is 11.9 Å². The molecule has 2 heterocycles. The van der Waals surface area contributed by atoms with E-state index in [1.165, 1.54) is 5.56 Å². The predicted molar refractivity (Wildman–Crippen MR) is 96.1 cm³/mol. The Kier molecular flexibility index (Phi) is 4.93. The Morgan fingerprint density at radius 2 is 1.68 bits per heavy atom. The van der Waals surface area contributed by atoms with Gasteiger partial charge < -0.3 is 14.2 Å². The molecule has 0 saturated carbocycles. The molecule has 132 valence electrons. The van der Waals surface area contributed by atoms with Gasteiger partial charge >= 0.3 is 5.97 Å². The number of aryl methyl sites for hydroxylation is 2. The SMILES string of the molecule is Cc1ccc(-n2c(C)cc(C(=O)OCC(=O)N3CCCC3)c2C)cc1. The summed E-state index contributed by atoms with van der Waals surface area (Å²) in [5.41, 5.74) is 4.48. The Hall–Kier alpha value is -2.56. The molecule has 1 amide bonds. The van der Waals surface area contributed by atoms with Crippen LogP contribution in [0.2, 0.25) is 0 Å². The number of amides is 1. The third kappa shape index (κ3) is 3.60. The number of ether oxygens (including phenoxy) is 1. The van der Waals surface area contributed by atoms with Crippen molar-refractivity contribution in [1.29, 1.82) is 0 Å². The number of esters is 1. The summed E-state index contributed by atoms with van der Waals surface area (Å²) in [6, 6.07) is 9.96. The average molecular weight is 340 g/mol. The summed E-state index contributed by atoms with van der Waals surface area (Å²) in [6.45, 7) is 7.23. The average Bonchev–Trinajstić information content (AvgIpc) is 3.22. The molecule has 0 atom stereocenters. The zero-order valence-corrected chi connectivity index (χ0v) is 15.0. The van der Waals surface area contributed by atoms with Gasteiger partial charge in [-0.1, -0.05) is 17.7 Å². The third-order valence-corrected chi connectivity index (χ3v) is 4.73. The number of benzene rings is 1. The normalized spacial score (nSPS) is 14.0. The van der Waals surface area contributed by atoms with Gasteiger partial charge in [0.1, 0.15) is 0 Å². The summed E-state index contributed by atoms with van der Waals surface area (Å²) < 4.78 is 7.29. The second-order valence-electron chi connectivity index (χ2n) is 6.62. The molecule has 0 radical (unpaired) electrons. The topological polar surface area (TPSA) is 51.5 Å². The van der Waals surface area contributed by atoms with Crippen LogP contribution in [0, 0.1) is 20.8 Å². The Morgan fingerprint density at radius 3 is 2.32 bits per heavy atom. The quantitative estimate of drug-likeness (QED) is 0.803. The van der Waals surface area contributed by atoms with Crippen LogP contribution in [0.5, 0.6) is 0 Å². The summed E-state index contributed by atoms with van der Waals surface area (Å²) in [5, 5.41) is 0. The first-order valence-electron chi connectivity index (χ1n) is 8.68. The van der Waals surface area contributed by atoms with Gasteiger partial charge in [-0.15, -0.1) is 0 Å². The highest BCUT2D eigenvalue weighted by molar-refractivity contribution is 5.93. The van der Waals surface area contributed by atoms with Gasteiger partial charge in [0, 0.05) is 30.2 Å². The van der Waals surface area contributed by atoms with Crippen LogP contribution in [0.25, 0.3) is 5.69 Å². The molecule has 1 saturated heterocycles. The zero-order chi connectivity index (χ0) is 18.0. The van der Waals surface area contributed by atoms with Crippen molar-refractivity contribution in [3.05, 3.63) is 52.8 Å². The lowest BCUT2D eigenvalue weighted by molar-refractivity contribution is -0.133. The highest BCUT2D eigenvalue weighted by Crippen LogP contribution is 2.22. The minimum atomic E-state index is -0.445. The molecule has 1 aromatic carbocycles. The van der Waals surface area contributed by atoms with Crippen LogP contribution in [-0.4, -0.2) is 41.0 Å². The van der Waals surface area contributed by atoms with E-state index in [4.69, 9.17) is 4.74 Å². The van der Waals surface area contributed by atoms with Crippen molar-refractivity contribution in [3.8, 4) is 5.69 Å². The van der Waals surface area contributed by atoms with E-state index in [9.17, 15) is 9.59 Å². The molecule has 1 fully saturated rings. The number of nitrogens with zero attached hydrogens (tertiary/aromatic N) is 2. The molecular weight excluding hydrogens is 316 g/mol. The molecule has 2 aromatic rings. The maximum Gasteiger partial charge on any atom is 0.340 e. The number of hydrogen-bond acceptors (Lipinski definition) is 3. The van der Waals surface area contributed by atoms with Crippen LogP contribution in [0.4, 0.5) is 0 Å². The largest absolute Gasteiger partial charge is 0.452 e. The molecule has 0 aliphatic carbocycles. The number of carbonyl (C=O) groups is 2. The van der Waals surface area contributed by atoms with Gasteiger partial charge in [0.15, 0.2) is 6.61 Å². The van der Waals surface area contributed by atoms with E-state index in [0.29, 0.717) is 5.56 Å². The van der Waals surface area contributed by atoms with Gasteiger partial charge in [-0.25, -0.2) is 4.79 Å². The fourth-order valence-electron chi connectivity index (χ4n) is 3.32. The highest BCUT2D eigenvalue weighted by Gasteiger charge is 2.22. The minimum Gasteiger partial charge on any atom is -0.452 e. The molecule has 1 aliphatic rings. The van der Waals surface area contributed by atoms with Crippen molar-refractivity contribution in [2.75, 3.05) is 19.7 Å². The third-order valence-electron chi connectivity index (χ3n) is 4.73. The van der Waals surface area contributed by atoms with Crippen LogP contribution in [0.1, 0.15) is 40.2 Å². The maximum atomic E-state index is 12.4. The first kappa shape index (κ1) is 17.3. The van der Waals surface area contributed by atoms with Gasteiger partial charge in [0.2, 0.25) is 0 Å². The number of likely N-dealkylation sites (tertiary alicyclic amines) is 1. The van der Waals surface area contributed by atoms with E-state index in [0.717, 1.165) is 43.0 Å². The maximum absolute atomic E-state index is 12.4. The molecular formula is C20H24N2O3. The second-order valence-corrected chi connectivity index (χ2v) is 6.62. The predicted octanol–water partition coefficient (Wildman–Crippen LogP) is 3.18. The van der Waals surface area contributed by atoms with Crippen molar-refractivity contribution < 1.29 is 14.3 Å². The van der Waals surface area contributed by atoms with E-state index in [2.05, 4.69) is 0 Å².